The molecule has 1 aromatic carbocycles. The van der Waals surface area contributed by atoms with Crippen LogP contribution in [0.3, 0.4) is 0 Å². The van der Waals surface area contributed by atoms with Crippen molar-refractivity contribution in [3.8, 4) is 0 Å². The Balaban J connectivity index is 1.67. The van der Waals surface area contributed by atoms with Crippen molar-refractivity contribution >= 4 is 5.91 Å². The summed E-state index contributed by atoms with van der Waals surface area (Å²) >= 11 is 0. The van der Waals surface area contributed by atoms with E-state index in [1.165, 1.54) is 5.56 Å². The van der Waals surface area contributed by atoms with Crippen molar-refractivity contribution in [2.45, 2.75) is 25.5 Å². The molecule has 0 unspecified atom stereocenters. The van der Waals surface area contributed by atoms with Crippen molar-refractivity contribution in [1.29, 1.82) is 0 Å². The van der Waals surface area contributed by atoms with E-state index in [4.69, 9.17) is 9.47 Å². The van der Waals surface area contributed by atoms with Gasteiger partial charge in [0.2, 0.25) is 5.91 Å². The molecule has 0 aliphatic carbocycles. The first-order valence-electron chi connectivity index (χ1n) is 8.40. The van der Waals surface area contributed by atoms with Crippen LogP contribution < -0.4 is 5.32 Å². The van der Waals surface area contributed by atoms with E-state index in [-0.39, 0.29) is 12.0 Å². The zero-order valence-corrected chi connectivity index (χ0v) is 13.8. The summed E-state index contributed by atoms with van der Waals surface area (Å²) in [5, 5.41) is 3.03. The lowest BCUT2D eigenvalue weighted by Gasteiger charge is -2.42. The van der Waals surface area contributed by atoms with E-state index < -0.39 is 5.41 Å². The zero-order chi connectivity index (χ0) is 16.1. The Labute approximate surface area is 137 Å². The Morgan fingerprint density at radius 1 is 1.43 bits per heavy atom. The van der Waals surface area contributed by atoms with E-state index >= 15 is 0 Å². The molecule has 2 aliphatic rings. The number of carbonyl (C=O) groups excluding carboxylic acids is 1. The van der Waals surface area contributed by atoms with Crippen LogP contribution in [0.1, 0.15) is 18.4 Å². The average Bonchev–Trinajstić information content (AvgIpc) is 3.00. The number of hydrogen-bond acceptors (Lipinski definition) is 4. The number of piperidine rings is 1. The number of benzene rings is 1. The molecular formula is C18H26N2O3. The first-order valence-corrected chi connectivity index (χ1v) is 8.40. The van der Waals surface area contributed by atoms with Gasteiger partial charge < -0.3 is 14.8 Å². The summed E-state index contributed by atoms with van der Waals surface area (Å²) in [4.78, 5) is 15.2. The van der Waals surface area contributed by atoms with E-state index in [0.717, 1.165) is 32.5 Å². The van der Waals surface area contributed by atoms with Crippen molar-refractivity contribution < 1.29 is 14.3 Å². The van der Waals surface area contributed by atoms with Gasteiger partial charge in [0.25, 0.3) is 0 Å². The molecule has 2 saturated heterocycles. The lowest BCUT2D eigenvalue weighted by molar-refractivity contribution is -0.139. The molecule has 0 radical (unpaired) electrons. The molecule has 5 heteroatoms. The SMILES string of the molecule is COCCNC(=O)[C@@]12CCO[C@@H]1CCN(Cc1ccccc1)C2. The quantitative estimate of drug-likeness (QED) is 0.806. The van der Waals surface area contributed by atoms with Gasteiger partial charge in [-0.25, -0.2) is 0 Å². The second-order valence-corrected chi connectivity index (χ2v) is 6.50. The number of ether oxygens (including phenoxy) is 2. The third-order valence-electron chi connectivity index (χ3n) is 4.99. The number of methoxy groups -OCH3 is 1. The lowest BCUT2D eigenvalue weighted by atomic mass is 9.75. The number of carbonyl (C=O) groups is 1. The highest BCUT2D eigenvalue weighted by Gasteiger charge is 2.52. The zero-order valence-electron chi connectivity index (χ0n) is 13.8. The number of likely N-dealkylation sites (tertiary alicyclic amines) is 1. The average molecular weight is 318 g/mol. The summed E-state index contributed by atoms with van der Waals surface area (Å²) in [6, 6.07) is 10.4. The monoisotopic (exact) mass is 318 g/mol. The fourth-order valence-electron chi connectivity index (χ4n) is 3.77. The molecule has 23 heavy (non-hydrogen) atoms. The highest BCUT2D eigenvalue weighted by Crippen LogP contribution is 2.41. The number of amides is 1. The number of rotatable bonds is 6. The van der Waals surface area contributed by atoms with Gasteiger partial charge in [-0.1, -0.05) is 30.3 Å². The van der Waals surface area contributed by atoms with Crippen LogP contribution in [0.5, 0.6) is 0 Å². The molecule has 2 fully saturated rings. The van der Waals surface area contributed by atoms with Crippen molar-refractivity contribution in [3.05, 3.63) is 35.9 Å². The van der Waals surface area contributed by atoms with Crippen molar-refractivity contribution in [2.24, 2.45) is 5.41 Å². The van der Waals surface area contributed by atoms with E-state index in [2.05, 4.69) is 34.5 Å². The molecule has 2 heterocycles. The van der Waals surface area contributed by atoms with Gasteiger partial charge >= 0.3 is 0 Å². The minimum absolute atomic E-state index is 0.0528. The minimum atomic E-state index is -0.402. The molecular weight excluding hydrogens is 292 g/mol. The van der Waals surface area contributed by atoms with E-state index in [1.54, 1.807) is 7.11 Å². The van der Waals surface area contributed by atoms with Gasteiger partial charge in [-0.3, -0.25) is 9.69 Å². The highest BCUT2D eigenvalue weighted by atomic mass is 16.5. The minimum Gasteiger partial charge on any atom is -0.383 e. The molecule has 0 bridgehead atoms. The summed E-state index contributed by atoms with van der Waals surface area (Å²) in [5.41, 5.74) is 0.889. The van der Waals surface area contributed by atoms with E-state index in [0.29, 0.717) is 19.8 Å². The van der Waals surface area contributed by atoms with Crippen LogP contribution in [0, 0.1) is 5.41 Å². The van der Waals surface area contributed by atoms with Crippen molar-refractivity contribution in [3.63, 3.8) is 0 Å². The van der Waals surface area contributed by atoms with Crippen LogP contribution in [-0.2, 0) is 20.8 Å². The molecule has 1 amide bonds. The van der Waals surface area contributed by atoms with Gasteiger partial charge in [0, 0.05) is 39.9 Å². The second-order valence-electron chi connectivity index (χ2n) is 6.50. The van der Waals surface area contributed by atoms with E-state index in [1.807, 2.05) is 6.07 Å². The molecule has 3 rings (SSSR count). The van der Waals surface area contributed by atoms with Crippen molar-refractivity contribution in [2.75, 3.05) is 40.0 Å². The Hall–Kier alpha value is -1.43. The number of hydrogen-bond donors (Lipinski definition) is 1. The summed E-state index contributed by atoms with van der Waals surface area (Å²) in [7, 11) is 1.65. The van der Waals surface area contributed by atoms with Gasteiger partial charge in [-0.15, -0.1) is 0 Å². The van der Waals surface area contributed by atoms with Crippen LogP contribution in [-0.4, -0.2) is 56.9 Å². The van der Waals surface area contributed by atoms with Crippen LogP contribution in [0.4, 0.5) is 0 Å². The summed E-state index contributed by atoms with van der Waals surface area (Å²) in [6.45, 7) is 4.42. The first kappa shape index (κ1) is 16.4. The number of nitrogens with zero attached hydrogens (tertiary/aromatic N) is 1. The normalized spacial score (nSPS) is 27.6. The molecule has 126 valence electrons. The standard InChI is InChI=1S/C18H26N2O3/c1-22-12-9-19-17(21)18-8-11-23-16(18)7-10-20(14-18)13-15-5-3-2-4-6-15/h2-6,16H,7-14H2,1H3,(H,19,21)/t16-,18-/m1/s1. The van der Waals surface area contributed by atoms with Crippen LogP contribution in [0.15, 0.2) is 30.3 Å². The molecule has 2 aliphatic heterocycles. The number of fused-ring (bicyclic) bond motifs is 1. The van der Waals surface area contributed by atoms with Gasteiger partial charge in [0.15, 0.2) is 0 Å². The van der Waals surface area contributed by atoms with Crippen molar-refractivity contribution in [1.82, 2.24) is 10.2 Å². The van der Waals surface area contributed by atoms with Crippen LogP contribution in [0.2, 0.25) is 0 Å². The van der Waals surface area contributed by atoms with Gasteiger partial charge in [-0.2, -0.15) is 0 Å². The smallest absolute Gasteiger partial charge is 0.230 e. The maximum absolute atomic E-state index is 12.8. The van der Waals surface area contributed by atoms with E-state index in [9.17, 15) is 4.79 Å². The second kappa shape index (κ2) is 7.43. The third kappa shape index (κ3) is 3.57. The topological polar surface area (TPSA) is 50.8 Å². The summed E-state index contributed by atoms with van der Waals surface area (Å²) in [6.07, 6.45) is 1.78. The predicted molar refractivity (Wildman–Crippen MR) is 88.0 cm³/mol. The summed E-state index contributed by atoms with van der Waals surface area (Å²) < 4.78 is 10.9. The first-order chi connectivity index (χ1) is 11.2. The molecule has 1 N–H and O–H groups in total. The Morgan fingerprint density at radius 3 is 3.04 bits per heavy atom. The highest BCUT2D eigenvalue weighted by molar-refractivity contribution is 5.84. The Bertz CT molecular complexity index is 522. The lowest BCUT2D eigenvalue weighted by Crippen LogP contribution is -2.57. The summed E-state index contributed by atoms with van der Waals surface area (Å²) in [5.74, 6) is 0.120. The van der Waals surface area contributed by atoms with Crippen LogP contribution >= 0.6 is 0 Å². The fraction of sp³-hybridized carbons (Fsp3) is 0.611. The molecule has 5 nitrogen and oxygen atoms in total. The molecule has 2 atom stereocenters. The predicted octanol–water partition coefficient (Wildman–Crippen LogP) is 1.43. The third-order valence-corrected chi connectivity index (χ3v) is 4.99. The fourth-order valence-corrected chi connectivity index (χ4v) is 3.77. The Morgan fingerprint density at radius 2 is 2.26 bits per heavy atom. The molecule has 0 spiro atoms. The van der Waals surface area contributed by atoms with Gasteiger partial charge in [0.1, 0.15) is 0 Å². The Kier molecular flexibility index (Phi) is 5.30. The van der Waals surface area contributed by atoms with Crippen LogP contribution in [0.25, 0.3) is 0 Å². The molecule has 0 aromatic heterocycles. The number of nitrogens with one attached hydrogen (secondary N) is 1. The molecule has 1 aromatic rings. The molecule has 0 saturated carbocycles. The largest absolute Gasteiger partial charge is 0.383 e. The van der Waals surface area contributed by atoms with Gasteiger partial charge in [0.05, 0.1) is 18.1 Å². The maximum atomic E-state index is 12.8. The van der Waals surface area contributed by atoms with Gasteiger partial charge in [-0.05, 0) is 18.4 Å². The maximum Gasteiger partial charge on any atom is 0.230 e.